The van der Waals surface area contributed by atoms with Crippen LogP contribution in [0.5, 0.6) is 0 Å². The van der Waals surface area contributed by atoms with Crippen molar-refractivity contribution in [3.63, 3.8) is 0 Å². The van der Waals surface area contributed by atoms with Crippen molar-refractivity contribution in [1.29, 1.82) is 0 Å². The Balaban J connectivity index is 2.50. The van der Waals surface area contributed by atoms with E-state index in [2.05, 4.69) is 6.92 Å². The molecule has 0 aromatic heterocycles. The van der Waals surface area contributed by atoms with Gasteiger partial charge in [-0.05, 0) is 82.4 Å². The SMILES string of the molecule is CC1=CC(S(=O)(=O)c2cc(C)c(C)c(C)c2)CC(C)=C1C. The van der Waals surface area contributed by atoms with Crippen LogP contribution in [-0.2, 0) is 9.84 Å². The summed E-state index contributed by atoms with van der Waals surface area (Å²) in [7, 11) is -3.32. The molecule has 0 saturated carbocycles. The molecule has 21 heavy (non-hydrogen) atoms. The maximum absolute atomic E-state index is 12.9. The summed E-state index contributed by atoms with van der Waals surface area (Å²) in [5.74, 6) is 0. The van der Waals surface area contributed by atoms with E-state index in [0.717, 1.165) is 22.3 Å². The molecule has 0 bridgehead atoms. The van der Waals surface area contributed by atoms with Gasteiger partial charge in [0.1, 0.15) is 0 Å². The highest BCUT2D eigenvalue weighted by molar-refractivity contribution is 7.92. The lowest BCUT2D eigenvalue weighted by Gasteiger charge is -2.23. The molecule has 0 radical (unpaired) electrons. The van der Waals surface area contributed by atoms with E-state index in [1.54, 1.807) is 12.1 Å². The number of hydrogen-bond acceptors (Lipinski definition) is 2. The van der Waals surface area contributed by atoms with Crippen LogP contribution < -0.4 is 0 Å². The Morgan fingerprint density at radius 1 is 0.952 bits per heavy atom. The van der Waals surface area contributed by atoms with Crippen molar-refractivity contribution in [3.05, 3.63) is 51.6 Å². The molecule has 1 atom stereocenters. The molecule has 3 heteroatoms. The fourth-order valence-electron chi connectivity index (χ4n) is 2.79. The van der Waals surface area contributed by atoms with E-state index >= 15 is 0 Å². The van der Waals surface area contributed by atoms with Crippen molar-refractivity contribution in [3.8, 4) is 0 Å². The predicted molar refractivity (Wildman–Crippen MR) is 88.4 cm³/mol. The summed E-state index contributed by atoms with van der Waals surface area (Å²) in [6.45, 7) is 12.1. The van der Waals surface area contributed by atoms with Gasteiger partial charge in [-0.1, -0.05) is 17.2 Å². The number of hydrogen-bond donors (Lipinski definition) is 0. The Hall–Kier alpha value is -1.35. The Morgan fingerprint density at radius 3 is 1.95 bits per heavy atom. The minimum atomic E-state index is -3.32. The van der Waals surface area contributed by atoms with Crippen LogP contribution in [0.4, 0.5) is 0 Å². The maximum atomic E-state index is 12.9. The molecule has 0 spiro atoms. The van der Waals surface area contributed by atoms with Gasteiger partial charge < -0.3 is 0 Å². The van der Waals surface area contributed by atoms with Gasteiger partial charge in [-0.2, -0.15) is 0 Å². The number of rotatable bonds is 2. The zero-order valence-electron chi connectivity index (χ0n) is 13.7. The van der Waals surface area contributed by atoms with E-state index in [9.17, 15) is 8.42 Å². The lowest BCUT2D eigenvalue weighted by atomic mass is 9.94. The minimum Gasteiger partial charge on any atom is -0.223 e. The van der Waals surface area contributed by atoms with E-state index in [1.165, 1.54) is 11.1 Å². The predicted octanol–water partition coefficient (Wildman–Crippen LogP) is 4.44. The molecule has 0 heterocycles. The van der Waals surface area contributed by atoms with Gasteiger partial charge in [0.15, 0.2) is 9.84 Å². The topological polar surface area (TPSA) is 34.1 Å². The Labute approximate surface area is 128 Å². The summed E-state index contributed by atoms with van der Waals surface area (Å²) in [5.41, 5.74) is 6.70. The zero-order chi connectivity index (χ0) is 15.9. The molecule has 0 amide bonds. The van der Waals surface area contributed by atoms with Crippen LogP contribution in [0.3, 0.4) is 0 Å². The summed E-state index contributed by atoms with van der Waals surface area (Å²) in [5, 5.41) is -0.442. The molecule has 1 unspecified atom stereocenters. The van der Waals surface area contributed by atoms with Crippen molar-refractivity contribution in [2.24, 2.45) is 0 Å². The summed E-state index contributed by atoms with van der Waals surface area (Å²) >= 11 is 0. The van der Waals surface area contributed by atoms with Gasteiger partial charge in [0.25, 0.3) is 0 Å². The number of benzene rings is 1. The first kappa shape index (κ1) is 16.0. The summed E-state index contributed by atoms with van der Waals surface area (Å²) < 4.78 is 25.9. The highest BCUT2D eigenvalue weighted by atomic mass is 32.2. The molecule has 0 saturated heterocycles. The molecule has 1 aliphatic rings. The van der Waals surface area contributed by atoms with E-state index in [1.807, 2.05) is 40.7 Å². The van der Waals surface area contributed by atoms with Crippen LogP contribution in [0, 0.1) is 20.8 Å². The largest absolute Gasteiger partial charge is 0.223 e. The Kier molecular flexibility index (Phi) is 4.16. The molecule has 0 fully saturated rings. The third-order valence-corrected chi connectivity index (χ3v) is 6.80. The van der Waals surface area contributed by atoms with Crippen molar-refractivity contribution < 1.29 is 8.42 Å². The molecule has 0 N–H and O–H groups in total. The van der Waals surface area contributed by atoms with Crippen molar-refractivity contribution >= 4 is 9.84 Å². The third kappa shape index (κ3) is 2.84. The minimum absolute atomic E-state index is 0.442. The molecule has 1 aliphatic carbocycles. The molecule has 1 aromatic rings. The smallest absolute Gasteiger partial charge is 0.185 e. The van der Waals surface area contributed by atoms with Gasteiger partial charge in [-0.15, -0.1) is 0 Å². The van der Waals surface area contributed by atoms with Gasteiger partial charge in [-0.25, -0.2) is 8.42 Å². The number of aryl methyl sites for hydroxylation is 2. The normalized spacial score (nSPS) is 19.7. The molecule has 114 valence electrons. The van der Waals surface area contributed by atoms with E-state index in [0.29, 0.717) is 11.3 Å². The maximum Gasteiger partial charge on any atom is 0.185 e. The van der Waals surface area contributed by atoms with E-state index in [-0.39, 0.29) is 0 Å². The van der Waals surface area contributed by atoms with Gasteiger partial charge in [0.2, 0.25) is 0 Å². The number of allylic oxidation sites excluding steroid dienone is 3. The second-order valence-corrected chi connectivity index (χ2v) is 8.39. The molecular formula is C18H24O2S. The fraction of sp³-hybridized carbons (Fsp3) is 0.444. The molecule has 2 nitrogen and oxygen atoms in total. The Bertz CT molecular complexity index is 726. The Morgan fingerprint density at radius 2 is 1.48 bits per heavy atom. The third-order valence-electron chi connectivity index (χ3n) is 4.80. The monoisotopic (exact) mass is 304 g/mol. The van der Waals surface area contributed by atoms with Crippen molar-refractivity contribution in [1.82, 2.24) is 0 Å². The van der Waals surface area contributed by atoms with Crippen LogP contribution in [0.2, 0.25) is 0 Å². The summed E-state index contributed by atoms with van der Waals surface area (Å²) in [6, 6.07) is 3.61. The zero-order valence-corrected chi connectivity index (χ0v) is 14.6. The average molecular weight is 304 g/mol. The number of sulfone groups is 1. The second-order valence-electron chi connectivity index (χ2n) is 6.22. The van der Waals surface area contributed by atoms with Crippen LogP contribution in [-0.4, -0.2) is 13.7 Å². The van der Waals surface area contributed by atoms with Gasteiger partial charge in [-0.3, -0.25) is 0 Å². The molecule has 1 aromatic carbocycles. The highest BCUT2D eigenvalue weighted by Gasteiger charge is 2.29. The van der Waals surface area contributed by atoms with Crippen LogP contribution in [0.1, 0.15) is 43.9 Å². The standard InChI is InChI=1S/C18H24O2S/c1-11-7-17(8-12(2)15(11)5)21(19,20)18-9-13(3)16(6)14(4)10-18/h7-9,18H,10H2,1-6H3. The van der Waals surface area contributed by atoms with Crippen molar-refractivity contribution in [2.75, 3.05) is 0 Å². The van der Waals surface area contributed by atoms with Crippen molar-refractivity contribution in [2.45, 2.75) is 58.1 Å². The molecule has 2 rings (SSSR count). The van der Waals surface area contributed by atoms with Crippen LogP contribution >= 0.6 is 0 Å². The first-order chi connectivity index (χ1) is 9.64. The lowest BCUT2D eigenvalue weighted by Crippen LogP contribution is -2.23. The first-order valence-electron chi connectivity index (χ1n) is 7.31. The van der Waals surface area contributed by atoms with Gasteiger partial charge in [0.05, 0.1) is 10.1 Å². The molecular weight excluding hydrogens is 280 g/mol. The highest BCUT2D eigenvalue weighted by Crippen LogP contribution is 2.32. The van der Waals surface area contributed by atoms with Crippen LogP contribution in [0.25, 0.3) is 0 Å². The summed E-state index contributed by atoms with van der Waals surface area (Å²) in [4.78, 5) is 0.449. The van der Waals surface area contributed by atoms with Gasteiger partial charge >= 0.3 is 0 Å². The average Bonchev–Trinajstić information content (AvgIpc) is 2.40. The van der Waals surface area contributed by atoms with E-state index in [4.69, 9.17) is 0 Å². The quantitative estimate of drug-likeness (QED) is 0.809. The van der Waals surface area contributed by atoms with Crippen LogP contribution in [0.15, 0.2) is 39.8 Å². The second kappa shape index (κ2) is 5.45. The van der Waals surface area contributed by atoms with E-state index < -0.39 is 15.1 Å². The fourth-order valence-corrected chi connectivity index (χ4v) is 4.67. The first-order valence-corrected chi connectivity index (χ1v) is 8.86. The molecule has 0 aliphatic heterocycles. The summed E-state index contributed by atoms with van der Waals surface area (Å²) in [6.07, 6.45) is 2.50. The van der Waals surface area contributed by atoms with Gasteiger partial charge in [0, 0.05) is 0 Å². The lowest BCUT2D eigenvalue weighted by molar-refractivity contribution is 0.586.